The number of ether oxygens (including phenoxy) is 2. The molecule has 1 aromatic rings. The minimum Gasteiger partial charge on any atom is -0.488 e. The fourth-order valence-electron chi connectivity index (χ4n) is 6.15. The number of hydrogen-bond acceptors (Lipinski definition) is 3. The van der Waals surface area contributed by atoms with Gasteiger partial charge in [-0.25, -0.2) is 4.79 Å². The lowest BCUT2D eigenvalue weighted by Crippen LogP contribution is -2.39. The molecule has 174 valence electrons. The summed E-state index contributed by atoms with van der Waals surface area (Å²) in [5.41, 5.74) is 3.83. The predicted octanol–water partition coefficient (Wildman–Crippen LogP) is 6.94. The number of hydrogen-bond donors (Lipinski definition) is 0. The van der Waals surface area contributed by atoms with Gasteiger partial charge in [-0.2, -0.15) is 0 Å². The first-order valence-electron chi connectivity index (χ1n) is 12.6. The van der Waals surface area contributed by atoms with Gasteiger partial charge in [-0.3, -0.25) is 0 Å². The molecule has 2 saturated carbocycles. The van der Waals surface area contributed by atoms with E-state index in [1.54, 1.807) is 6.08 Å². The first-order valence-corrected chi connectivity index (χ1v) is 12.6. The number of allylic oxidation sites excluding steroid dienone is 3. The van der Waals surface area contributed by atoms with Gasteiger partial charge in [0.1, 0.15) is 11.9 Å². The van der Waals surface area contributed by atoms with Gasteiger partial charge in [0, 0.05) is 22.5 Å². The van der Waals surface area contributed by atoms with Crippen LogP contribution in [0.1, 0.15) is 84.3 Å². The van der Waals surface area contributed by atoms with E-state index in [1.807, 2.05) is 13.8 Å². The zero-order valence-corrected chi connectivity index (χ0v) is 20.6. The molecule has 1 unspecified atom stereocenters. The monoisotopic (exact) mass is 436 g/mol. The number of carbonyl (C=O) groups is 1. The average molecular weight is 437 g/mol. The molecule has 2 fully saturated rings. The van der Waals surface area contributed by atoms with Crippen LogP contribution in [0.5, 0.6) is 5.75 Å². The van der Waals surface area contributed by atoms with Crippen molar-refractivity contribution in [2.45, 2.75) is 91.1 Å². The predicted molar refractivity (Wildman–Crippen MR) is 130 cm³/mol. The summed E-state index contributed by atoms with van der Waals surface area (Å²) in [6, 6.07) is 6.81. The zero-order valence-electron chi connectivity index (χ0n) is 20.6. The van der Waals surface area contributed by atoms with E-state index in [4.69, 9.17) is 9.47 Å². The van der Waals surface area contributed by atoms with Crippen molar-refractivity contribution >= 4 is 5.97 Å². The van der Waals surface area contributed by atoms with Crippen LogP contribution in [0.4, 0.5) is 0 Å². The Bertz CT molecular complexity index is 903. The molecule has 0 radical (unpaired) electrons. The molecule has 0 saturated heterocycles. The standard InChI is InChI=1S/C29H40O3/c1-6-31-25(30)17-20(2)15-16-23-19-29(23,5)27-28(3,4)24-14-10-13-22(26(24)32-27)18-21-11-8-7-9-12-21/h10,13-17,21,23,27H,6-9,11-12,18-19H2,1-5H3/t23-,27?,29+/m1/s1. The fourth-order valence-corrected chi connectivity index (χ4v) is 6.15. The third-order valence-corrected chi connectivity index (χ3v) is 8.08. The summed E-state index contributed by atoms with van der Waals surface area (Å²) in [5.74, 6) is 2.17. The second kappa shape index (κ2) is 9.08. The van der Waals surface area contributed by atoms with Crippen molar-refractivity contribution in [2.75, 3.05) is 6.61 Å². The second-order valence-electron chi connectivity index (χ2n) is 11.0. The number of fused-ring (bicyclic) bond motifs is 1. The number of carbonyl (C=O) groups excluding carboxylic acids is 1. The molecule has 3 nitrogen and oxygen atoms in total. The van der Waals surface area contributed by atoms with Crippen molar-refractivity contribution in [3.63, 3.8) is 0 Å². The molecule has 3 aliphatic rings. The van der Waals surface area contributed by atoms with E-state index in [0.29, 0.717) is 12.5 Å². The van der Waals surface area contributed by atoms with Crippen LogP contribution in [-0.2, 0) is 21.4 Å². The maximum Gasteiger partial charge on any atom is 0.330 e. The molecule has 32 heavy (non-hydrogen) atoms. The molecule has 1 heterocycles. The molecule has 0 aromatic heterocycles. The van der Waals surface area contributed by atoms with Gasteiger partial charge >= 0.3 is 5.97 Å². The SMILES string of the molecule is CCOC(=O)C=C(C)C=C[C@@H]1C[C@]1(C)C1Oc2c(CC3CCCCC3)cccc2C1(C)C. The lowest BCUT2D eigenvalue weighted by atomic mass is 9.74. The van der Waals surface area contributed by atoms with Crippen LogP contribution in [-0.4, -0.2) is 18.7 Å². The molecule has 0 N–H and O–H groups in total. The minimum absolute atomic E-state index is 0.00887. The largest absolute Gasteiger partial charge is 0.488 e. The highest BCUT2D eigenvalue weighted by Crippen LogP contribution is 2.63. The molecule has 0 spiro atoms. The summed E-state index contributed by atoms with van der Waals surface area (Å²) < 4.78 is 11.8. The average Bonchev–Trinajstić information content (AvgIpc) is 3.32. The van der Waals surface area contributed by atoms with Crippen LogP contribution in [0.3, 0.4) is 0 Å². The molecular formula is C29H40O3. The van der Waals surface area contributed by atoms with Crippen molar-refractivity contribution in [1.29, 1.82) is 0 Å². The summed E-state index contributed by atoms with van der Waals surface area (Å²) in [6.07, 6.45) is 15.2. The van der Waals surface area contributed by atoms with E-state index in [9.17, 15) is 4.79 Å². The van der Waals surface area contributed by atoms with Gasteiger partial charge in [-0.05, 0) is 49.7 Å². The second-order valence-corrected chi connectivity index (χ2v) is 11.0. The Morgan fingerprint density at radius 2 is 1.94 bits per heavy atom. The Hall–Kier alpha value is -2.03. The van der Waals surface area contributed by atoms with Crippen molar-refractivity contribution < 1.29 is 14.3 Å². The topological polar surface area (TPSA) is 35.5 Å². The van der Waals surface area contributed by atoms with Gasteiger partial charge in [-0.15, -0.1) is 0 Å². The molecule has 4 rings (SSSR count). The van der Waals surface area contributed by atoms with E-state index >= 15 is 0 Å². The van der Waals surface area contributed by atoms with Crippen LogP contribution < -0.4 is 4.74 Å². The molecule has 1 aromatic carbocycles. The van der Waals surface area contributed by atoms with E-state index in [0.717, 1.165) is 24.3 Å². The normalized spacial score (nSPS) is 29.6. The Morgan fingerprint density at radius 3 is 2.66 bits per heavy atom. The first kappa shape index (κ1) is 23.1. The van der Waals surface area contributed by atoms with Crippen LogP contribution in [0.25, 0.3) is 0 Å². The van der Waals surface area contributed by atoms with E-state index in [2.05, 4.69) is 51.1 Å². The Labute approximate surface area is 194 Å². The summed E-state index contributed by atoms with van der Waals surface area (Å²) in [4.78, 5) is 11.7. The van der Waals surface area contributed by atoms with Crippen molar-refractivity contribution in [3.05, 3.63) is 53.1 Å². The highest BCUT2D eigenvalue weighted by Gasteiger charge is 2.62. The number of esters is 1. The maximum atomic E-state index is 11.7. The van der Waals surface area contributed by atoms with Crippen molar-refractivity contribution in [1.82, 2.24) is 0 Å². The van der Waals surface area contributed by atoms with Gasteiger partial charge in [0.2, 0.25) is 0 Å². The van der Waals surface area contributed by atoms with E-state index in [-0.39, 0.29) is 22.9 Å². The lowest BCUT2D eigenvalue weighted by Gasteiger charge is -2.31. The highest BCUT2D eigenvalue weighted by molar-refractivity contribution is 5.83. The maximum absolute atomic E-state index is 11.7. The van der Waals surface area contributed by atoms with E-state index in [1.165, 1.54) is 49.0 Å². The zero-order chi connectivity index (χ0) is 22.9. The number of rotatable bonds is 7. The first-order chi connectivity index (χ1) is 15.3. The third-order valence-electron chi connectivity index (χ3n) is 8.08. The smallest absolute Gasteiger partial charge is 0.330 e. The van der Waals surface area contributed by atoms with Gasteiger partial charge in [0.15, 0.2) is 0 Å². The van der Waals surface area contributed by atoms with Gasteiger partial charge in [-0.1, -0.05) is 83.2 Å². The fraction of sp³-hybridized carbons (Fsp3) is 0.621. The summed E-state index contributed by atoms with van der Waals surface area (Å²) in [5, 5.41) is 0. The molecular weight excluding hydrogens is 396 g/mol. The van der Waals surface area contributed by atoms with Crippen LogP contribution in [0.2, 0.25) is 0 Å². The highest BCUT2D eigenvalue weighted by atomic mass is 16.5. The minimum atomic E-state index is -0.269. The van der Waals surface area contributed by atoms with Gasteiger partial charge in [0.05, 0.1) is 6.61 Å². The van der Waals surface area contributed by atoms with Crippen LogP contribution in [0, 0.1) is 17.3 Å². The quantitative estimate of drug-likeness (QED) is 0.264. The third kappa shape index (κ3) is 4.54. The molecule has 2 aliphatic carbocycles. The van der Waals surface area contributed by atoms with Crippen molar-refractivity contribution in [2.24, 2.45) is 17.3 Å². The van der Waals surface area contributed by atoms with Crippen LogP contribution >= 0.6 is 0 Å². The number of para-hydroxylation sites is 1. The summed E-state index contributed by atoms with van der Waals surface area (Å²) in [6.45, 7) is 11.3. The lowest BCUT2D eigenvalue weighted by molar-refractivity contribution is -0.137. The van der Waals surface area contributed by atoms with Gasteiger partial charge < -0.3 is 9.47 Å². The molecule has 0 bridgehead atoms. The Balaban J connectivity index is 1.48. The molecule has 1 aliphatic heterocycles. The number of benzene rings is 1. The van der Waals surface area contributed by atoms with Gasteiger partial charge in [0.25, 0.3) is 0 Å². The van der Waals surface area contributed by atoms with Crippen molar-refractivity contribution in [3.8, 4) is 5.75 Å². The molecule has 3 heteroatoms. The Morgan fingerprint density at radius 1 is 1.19 bits per heavy atom. The molecule has 0 amide bonds. The Kier molecular flexibility index (Phi) is 6.56. The van der Waals surface area contributed by atoms with Crippen LogP contribution in [0.15, 0.2) is 42.0 Å². The van der Waals surface area contributed by atoms with E-state index < -0.39 is 0 Å². The summed E-state index contributed by atoms with van der Waals surface area (Å²) in [7, 11) is 0. The molecule has 3 atom stereocenters. The summed E-state index contributed by atoms with van der Waals surface area (Å²) >= 11 is 0.